The van der Waals surface area contributed by atoms with E-state index in [4.69, 9.17) is 11.3 Å². The van der Waals surface area contributed by atoms with Crippen LogP contribution >= 0.6 is 0 Å². The van der Waals surface area contributed by atoms with E-state index in [1.165, 1.54) is 16.8 Å². The molecule has 4 nitrogen and oxygen atoms in total. The van der Waals surface area contributed by atoms with Crippen molar-refractivity contribution < 1.29 is 4.74 Å². The largest absolute Gasteiger partial charge is 0.462 e. The molecular formula is C27H29N3O. The van der Waals surface area contributed by atoms with E-state index in [9.17, 15) is 5.26 Å². The second-order valence-electron chi connectivity index (χ2n) is 10.2. The highest BCUT2D eigenvalue weighted by molar-refractivity contribution is 5.71. The van der Waals surface area contributed by atoms with Gasteiger partial charge in [-0.3, -0.25) is 0 Å². The predicted octanol–water partition coefficient (Wildman–Crippen LogP) is 6.28. The van der Waals surface area contributed by atoms with Crippen molar-refractivity contribution >= 4 is 11.8 Å². The molecule has 0 unspecified atom stereocenters. The smallest absolute Gasteiger partial charge is 0.269 e. The molecule has 4 rings (SSSR count). The molecule has 0 aromatic heterocycles. The van der Waals surface area contributed by atoms with E-state index in [-0.39, 0.29) is 16.5 Å². The first-order chi connectivity index (χ1) is 14.6. The van der Waals surface area contributed by atoms with Crippen LogP contribution in [0, 0.1) is 23.3 Å². The van der Waals surface area contributed by atoms with Crippen LogP contribution in [0.15, 0.2) is 53.1 Å². The van der Waals surface area contributed by atoms with Crippen LogP contribution in [0.25, 0.3) is 10.9 Å². The molecule has 3 heterocycles. The van der Waals surface area contributed by atoms with Crippen molar-refractivity contribution in [3.05, 3.63) is 81.3 Å². The Kier molecular flexibility index (Phi) is 5.06. The van der Waals surface area contributed by atoms with Gasteiger partial charge in [-0.25, -0.2) is 10.1 Å². The Balaban J connectivity index is 1.74. The summed E-state index contributed by atoms with van der Waals surface area (Å²) in [6, 6.07) is 6.60. The zero-order valence-corrected chi connectivity index (χ0v) is 19.0. The van der Waals surface area contributed by atoms with Crippen molar-refractivity contribution in [3.8, 4) is 6.07 Å². The van der Waals surface area contributed by atoms with E-state index in [2.05, 4.69) is 55.6 Å². The van der Waals surface area contributed by atoms with Gasteiger partial charge in [0.2, 0.25) is 0 Å². The third-order valence-electron chi connectivity index (χ3n) is 6.42. The summed E-state index contributed by atoms with van der Waals surface area (Å²) in [5, 5.41) is 9.20. The zero-order valence-electron chi connectivity index (χ0n) is 19.0. The minimum absolute atomic E-state index is 0.0795. The molecule has 0 spiro atoms. The molecule has 0 atom stereocenters. The minimum atomic E-state index is 0.0795. The van der Waals surface area contributed by atoms with E-state index in [0.29, 0.717) is 17.1 Å². The van der Waals surface area contributed by atoms with Crippen molar-refractivity contribution in [2.45, 2.75) is 52.9 Å². The topological polar surface area (TPSA) is 40.6 Å². The summed E-state index contributed by atoms with van der Waals surface area (Å²) in [5.41, 5.74) is 6.56. The molecule has 31 heavy (non-hydrogen) atoms. The molecule has 0 saturated carbocycles. The molecule has 4 heteroatoms. The minimum Gasteiger partial charge on any atom is -0.462 e. The monoisotopic (exact) mass is 411 g/mol. The lowest BCUT2D eigenvalue weighted by Crippen LogP contribution is -2.46. The van der Waals surface area contributed by atoms with Gasteiger partial charge in [-0.1, -0.05) is 33.8 Å². The predicted molar refractivity (Wildman–Crippen MR) is 125 cm³/mol. The molecule has 3 aliphatic heterocycles. The van der Waals surface area contributed by atoms with Crippen molar-refractivity contribution in [2.75, 3.05) is 18.0 Å². The molecule has 1 aromatic carbocycles. The Bertz CT molecular complexity index is 1130. The number of nitrogens with zero attached hydrogens (tertiary/aromatic N) is 3. The van der Waals surface area contributed by atoms with Gasteiger partial charge in [0.05, 0.1) is 12.6 Å². The van der Waals surface area contributed by atoms with E-state index >= 15 is 0 Å². The maximum atomic E-state index is 9.20. The van der Waals surface area contributed by atoms with E-state index in [0.717, 1.165) is 31.5 Å². The molecule has 158 valence electrons. The number of allylic oxidation sites excluding steroid dienone is 6. The lowest BCUT2D eigenvalue weighted by Gasteiger charge is -2.48. The standard InChI is InChI=1S/C27H29N3O/c1-18-11-20(24(16-28)29-6)14-22(31-18)8-7-19-12-21-15-26(2,3)17-30-10-9-27(4,5)23(13-19)25(21)30/h7-8,11-14H,9-10,15,17H2,1-5H3/b8-7+,24-20-. The molecule has 0 radical (unpaired) electrons. The second-order valence-corrected chi connectivity index (χ2v) is 10.2. The van der Waals surface area contributed by atoms with Gasteiger partial charge in [0.15, 0.2) is 0 Å². The molecule has 1 aromatic rings. The van der Waals surface area contributed by atoms with Gasteiger partial charge < -0.3 is 9.64 Å². The van der Waals surface area contributed by atoms with Crippen LogP contribution in [0.5, 0.6) is 0 Å². The highest BCUT2D eigenvalue weighted by Crippen LogP contribution is 2.47. The van der Waals surface area contributed by atoms with Crippen molar-refractivity contribution in [1.29, 1.82) is 5.26 Å². The first-order valence-electron chi connectivity index (χ1n) is 10.8. The summed E-state index contributed by atoms with van der Waals surface area (Å²) in [7, 11) is 0. The van der Waals surface area contributed by atoms with Crippen LogP contribution in [0.3, 0.4) is 0 Å². The number of rotatable bonds is 2. The van der Waals surface area contributed by atoms with Crippen LogP contribution < -0.4 is 4.90 Å². The number of hydrogen-bond donors (Lipinski definition) is 0. The fourth-order valence-corrected chi connectivity index (χ4v) is 4.96. The molecule has 0 N–H and O–H groups in total. The highest BCUT2D eigenvalue weighted by atomic mass is 16.5. The van der Waals surface area contributed by atoms with Crippen LogP contribution in [-0.4, -0.2) is 13.1 Å². The fourth-order valence-electron chi connectivity index (χ4n) is 4.96. The zero-order chi connectivity index (χ0) is 22.4. The third kappa shape index (κ3) is 4.04. The molecule has 0 amide bonds. The Hall–Kier alpha value is -3.24. The summed E-state index contributed by atoms with van der Waals surface area (Å²) >= 11 is 0. The van der Waals surface area contributed by atoms with Gasteiger partial charge in [-0.05, 0) is 83.2 Å². The summed E-state index contributed by atoms with van der Waals surface area (Å²) in [6.45, 7) is 20.7. The van der Waals surface area contributed by atoms with Crippen molar-refractivity contribution in [3.63, 3.8) is 0 Å². The summed E-state index contributed by atoms with van der Waals surface area (Å²) in [4.78, 5) is 5.91. The number of ether oxygens (including phenoxy) is 1. The SMILES string of the molecule is [C-]#[N+]/C(C#N)=C1/C=C(C)OC(/C=C/c2cc3c4c(c2)C(C)(C)CCN4CC(C)(C)C3)=C1. The maximum absolute atomic E-state index is 9.20. The average molecular weight is 412 g/mol. The maximum Gasteiger partial charge on any atom is 0.269 e. The van der Waals surface area contributed by atoms with Gasteiger partial charge in [0, 0.05) is 18.8 Å². The molecule has 0 bridgehead atoms. The number of benzene rings is 1. The van der Waals surface area contributed by atoms with E-state index in [1.807, 2.05) is 19.1 Å². The fraction of sp³-hybridized carbons (Fsp3) is 0.407. The Morgan fingerprint density at radius 1 is 1.23 bits per heavy atom. The Labute approximate surface area is 185 Å². The Morgan fingerprint density at radius 2 is 2.00 bits per heavy atom. The average Bonchev–Trinajstić information content (AvgIpc) is 2.69. The normalized spacial score (nSPS) is 22.5. The molecule has 0 saturated heterocycles. The van der Waals surface area contributed by atoms with Gasteiger partial charge >= 0.3 is 0 Å². The van der Waals surface area contributed by atoms with Gasteiger partial charge in [0.25, 0.3) is 5.70 Å². The molecule has 3 aliphatic rings. The van der Waals surface area contributed by atoms with Crippen LogP contribution in [-0.2, 0) is 16.6 Å². The lowest BCUT2D eigenvalue weighted by molar-refractivity contribution is 0.318. The van der Waals surface area contributed by atoms with Crippen LogP contribution in [0.2, 0.25) is 0 Å². The summed E-state index contributed by atoms with van der Waals surface area (Å²) in [5.74, 6) is 1.31. The van der Waals surface area contributed by atoms with Gasteiger partial charge in [-0.15, -0.1) is 0 Å². The number of hydrogen-bond acceptors (Lipinski definition) is 3. The third-order valence-corrected chi connectivity index (χ3v) is 6.42. The van der Waals surface area contributed by atoms with Crippen LogP contribution in [0.1, 0.15) is 57.7 Å². The first kappa shape index (κ1) is 21.0. The first-order valence-corrected chi connectivity index (χ1v) is 10.8. The van der Waals surface area contributed by atoms with Crippen molar-refractivity contribution in [2.24, 2.45) is 5.41 Å². The Morgan fingerprint density at radius 3 is 2.71 bits per heavy atom. The molecule has 0 fully saturated rings. The van der Waals surface area contributed by atoms with E-state index in [1.54, 1.807) is 12.2 Å². The second kappa shape index (κ2) is 7.47. The quantitative estimate of drug-likeness (QED) is 0.424. The highest BCUT2D eigenvalue weighted by Gasteiger charge is 2.39. The van der Waals surface area contributed by atoms with Gasteiger partial charge in [0.1, 0.15) is 11.5 Å². The number of anilines is 1. The number of nitriles is 1. The lowest BCUT2D eigenvalue weighted by atomic mass is 9.71. The van der Waals surface area contributed by atoms with Crippen LogP contribution in [0.4, 0.5) is 5.69 Å². The summed E-state index contributed by atoms with van der Waals surface area (Å²) in [6.07, 6.45) is 9.74. The van der Waals surface area contributed by atoms with Gasteiger partial charge in [-0.2, -0.15) is 0 Å². The van der Waals surface area contributed by atoms with E-state index < -0.39 is 0 Å². The summed E-state index contributed by atoms with van der Waals surface area (Å²) < 4.78 is 5.83. The van der Waals surface area contributed by atoms with Crippen molar-refractivity contribution in [1.82, 2.24) is 0 Å². The molecule has 0 aliphatic carbocycles. The molecular weight excluding hydrogens is 382 g/mol.